The van der Waals surface area contributed by atoms with E-state index >= 15 is 0 Å². The maximum absolute atomic E-state index is 14.1. The molecule has 0 amide bonds. The van der Waals surface area contributed by atoms with E-state index in [0.717, 1.165) is 0 Å². The van der Waals surface area contributed by atoms with Gasteiger partial charge in [0.15, 0.2) is 46.1 Å². The zero-order chi connectivity index (χ0) is 29.1. The average Bonchev–Trinajstić information content (AvgIpc) is 2.94. The summed E-state index contributed by atoms with van der Waals surface area (Å²) in [5, 5.41) is 0. The van der Waals surface area contributed by atoms with Gasteiger partial charge in [0.25, 0.3) is 0 Å². The highest BCUT2D eigenvalue weighted by molar-refractivity contribution is 6.37. The number of rotatable bonds is 11. The van der Waals surface area contributed by atoms with E-state index < -0.39 is 11.6 Å². The topological polar surface area (TPSA) is 105 Å². The molecule has 0 radical (unpaired) electrons. The first-order chi connectivity index (χ1) is 19.3. The molecule has 0 bridgehead atoms. The van der Waals surface area contributed by atoms with Crippen LogP contribution in [-0.4, -0.2) is 49.6 Å². The van der Waals surface area contributed by atoms with Gasteiger partial charge < -0.3 is 18.9 Å². The Kier molecular flexibility index (Phi) is 8.57. The van der Waals surface area contributed by atoms with Crippen LogP contribution in [0.25, 0.3) is 0 Å². The van der Waals surface area contributed by atoms with E-state index in [1.54, 1.807) is 27.7 Å². The van der Waals surface area contributed by atoms with Gasteiger partial charge in [0.2, 0.25) is 0 Å². The van der Waals surface area contributed by atoms with Crippen LogP contribution in [0, 0.1) is 0 Å². The SMILES string of the molecule is CCOc1cc2c(cc1OCC)C(=O)C(C1=C(CC)C(=O)c3cc(OCC)c(OCC)cc3C1=O)=C(CC)C2=O. The predicted molar refractivity (Wildman–Crippen MR) is 150 cm³/mol. The molecule has 210 valence electrons. The van der Waals surface area contributed by atoms with E-state index in [-0.39, 0.29) is 69.0 Å². The molecule has 40 heavy (non-hydrogen) atoms. The Morgan fingerprint density at radius 3 is 0.900 bits per heavy atom. The largest absolute Gasteiger partial charge is 0.490 e. The zero-order valence-electron chi connectivity index (χ0n) is 23.8. The van der Waals surface area contributed by atoms with Crippen molar-refractivity contribution < 1.29 is 38.1 Å². The Hall–Kier alpha value is -4.20. The number of carbonyl (C=O) groups excluding carboxylic acids is 4. The molecule has 0 spiro atoms. The van der Waals surface area contributed by atoms with Crippen LogP contribution >= 0.6 is 0 Å². The van der Waals surface area contributed by atoms with Gasteiger partial charge in [0.1, 0.15) is 0 Å². The summed E-state index contributed by atoms with van der Waals surface area (Å²) >= 11 is 0. The van der Waals surface area contributed by atoms with Crippen molar-refractivity contribution in [3.8, 4) is 23.0 Å². The summed E-state index contributed by atoms with van der Waals surface area (Å²) in [5.74, 6) is -0.387. The van der Waals surface area contributed by atoms with E-state index in [1.807, 2.05) is 13.8 Å². The fourth-order valence-corrected chi connectivity index (χ4v) is 5.24. The van der Waals surface area contributed by atoms with Crippen LogP contribution in [0.3, 0.4) is 0 Å². The Bertz CT molecular complexity index is 1360. The number of ketones is 4. The standard InChI is InChI=1S/C32H34O8/c1-7-17-27(31(35)21-15-25(39-11-5)23(37-9-3)13-19(21)29(17)33)28-18(8-2)30(34)20-14-24(38-10-4)26(40-12-6)16-22(20)32(28)36/h13-16H,7-12H2,1-6H3. The summed E-state index contributed by atoms with van der Waals surface area (Å²) in [5.41, 5.74) is 0.909. The van der Waals surface area contributed by atoms with Crippen molar-refractivity contribution in [1.29, 1.82) is 0 Å². The van der Waals surface area contributed by atoms with E-state index in [1.165, 1.54) is 24.3 Å². The van der Waals surface area contributed by atoms with Gasteiger partial charge in [0.05, 0.1) is 26.4 Å². The van der Waals surface area contributed by atoms with Crippen LogP contribution in [-0.2, 0) is 0 Å². The normalized spacial score (nSPS) is 14.8. The molecule has 2 aromatic rings. The first-order valence-electron chi connectivity index (χ1n) is 13.8. The number of fused-ring (bicyclic) bond motifs is 2. The molecule has 0 fully saturated rings. The molecule has 0 atom stereocenters. The minimum atomic E-state index is -0.503. The number of carbonyl (C=O) groups is 4. The fourth-order valence-electron chi connectivity index (χ4n) is 5.24. The van der Waals surface area contributed by atoms with Crippen molar-refractivity contribution in [3.63, 3.8) is 0 Å². The Balaban J connectivity index is 1.96. The summed E-state index contributed by atoms with van der Waals surface area (Å²) < 4.78 is 22.8. The first-order valence-corrected chi connectivity index (χ1v) is 13.8. The lowest BCUT2D eigenvalue weighted by Gasteiger charge is -2.28. The van der Waals surface area contributed by atoms with E-state index in [0.29, 0.717) is 49.4 Å². The molecule has 0 saturated heterocycles. The van der Waals surface area contributed by atoms with Gasteiger partial charge in [-0.05, 0) is 64.8 Å². The lowest BCUT2D eigenvalue weighted by Crippen LogP contribution is -2.30. The fraction of sp³-hybridized carbons (Fsp3) is 0.375. The summed E-state index contributed by atoms with van der Waals surface area (Å²) in [6.07, 6.45) is 0.387. The highest BCUT2D eigenvalue weighted by Gasteiger charge is 2.41. The van der Waals surface area contributed by atoms with Gasteiger partial charge in [0, 0.05) is 44.5 Å². The number of ether oxygens (including phenoxy) is 4. The molecule has 4 rings (SSSR count). The highest BCUT2D eigenvalue weighted by atomic mass is 16.5. The number of hydrogen-bond donors (Lipinski definition) is 0. The molecule has 0 aliphatic heterocycles. The molecule has 0 aromatic heterocycles. The molecule has 0 N–H and O–H groups in total. The molecule has 0 heterocycles. The van der Waals surface area contributed by atoms with Gasteiger partial charge in [-0.2, -0.15) is 0 Å². The minimum absolute atomic E-state index is 0.0284. The quantitative estimate of drug-likeness (QED) is 0.330. The lowest BCUT2D eigenvalue weighted by atomic mass is 9.73. The molecular weight excluding hydrogens is 512 g/mol. The van der Waals surface area contributed by atoms with Crippen LogP contribution in [0.1, 0.15) is 95.8 Å². The van der Waals surface area contributed by atoms with Crippen LogP contribution in [0.5, 0.6) is 23.0 Å². The van der Waals surface area contributed by atoms with Gasteiger partial charge in [-0.15, -0.1) is 0 Å². The molecule has 2 aliphatic rings. The number of allylic oxidation sites excluding steroid dienone is 4. The predicted octanol–water partition coefficient (Wildman–Crippen LogP) is 6.15. The van der Waals surface area contributed by atoms with Crippen molar-refractivity contribution >= 4 is 23.1 Å². The van der Waals surface area contributed by atoms with Crippen molar-refractivity contribution in [3.05, 3.63) is 68.8 Å². The third kappa shape index (κ3) is 4.72. The summed E-state index contributed by atoms with van der Waals surface area (Å²) in [6.45, 7) is 12.1. The van der Waals surface area contributed by atoms with Crippen LogP contribution in [0.15, 0.2) is 46.6 Å². The van der Waals surface area contributed by atoms with Gasteiger partial charge >= 0.3 is 0 Å². The second kappa shape index (κ2) is 11.9. The van der Waals surface area contributed by atoms with Crippen LogP contribution in [0.2, 0.25) is 0 Å². The Labute approximate surface area is 233 Å². The lowest BCUT2D eigenvalue weighted by molar-refractivity contribution is 0.0949. The number of benzene rings is 2. The second-order valence-electron chi connectivity index (χ2n) is 9.15. The Morgan fingerprint density at radius 2 is 0.675 bits per heavy atom. The van der Waals surface area contributed by atoms with Crippen molar-refractivity contribution in [2.24, 2.45) is 0 Å². The van der Waals surface area contributed by atoms with Crippen molar-refractivity contribution in [2.75, 3.05) is 26.4 Å². The maximum Gasteiger partial charge on any atom is 0.195 e. The second-order valence-corrected chi connectivity index (χ2v) is 9.15. The van der Waals surface area contributed by atoms with Gasteiger partial charge in [-0.25, -0.2) is 0 Å². The molecule has 0 saturated carbocycles. The summed E-state index contributed by atoms with van der Waals surface area (Å²) in [7, 11) is 0. The first kappa shape index (κ1) is 28.8. The van der Waals surface area contributed by atoms with Crippen molar-refractivity contribution in [1.82, 2.24) is 0 Å². The number of Topliss-reactive ketones (excluding diaryl/α,β-unsaturated/α-hetero) is 4. The third-order valence-electron chi connectivity index (χ3n) is 6.91. The van der Waals surface area contributed by atoms with E-state index in [2.05, 4.69) is 0 Å². The van der Waals surface area contributed by atoms with E-state index in [4.69, 9.17) is 18.9 Å². The van der Waals surface area contributed by atoms with Crippen LogP contribution < -0.4 is 18.9 Å². The smallest absolute Gasteiger partial charge is 0.195 e. The van der Waals surface area contributed by atoms with Crippen molar-refractivity contribution in [2.45, 2.75) is 54.4 Å². The molecule has 8 heteroatoms. The van der Waals surface area contributed by atoms with Crippen LogP contribution in [0.4, 0.5) is 0 Å². The molecule has 2 aromatic carbocycles. The monoisotopic (exact) mass is 546 g/mol. The van der Waals surface area contributed by atoms with Gasteiger partial charge in [-0.3, -0.25) is 19.2 Å². The minimum Gasteiger partial charge on any atom is -0.490 e. The third-order valence-corrected chi connectivity index (χ3v) is 6.91. The molecule has 8 nitrogen and oxygen atoms in total. The number of hydrogen-bond acceptors (Lipinski definition) is 8. The highest BCUT2D eigenvalue weighted by Crippen LogP contribution is 2.43. The average molecular weight is 547 g/mol. The summed E-state index contributed by atoms with van der Waals surface area (Å²) in [4.78, 5) is 55.9. The van der Waals surface area contributed by atoms with Gasteiger partial charge in [-0.1, -0.05) is 13.8 Å². The molecule has 2 aliphatic carbocycles. The van der Waals surface area contributed by atoms with E-state index in [9.17, 15) is 19.2 Å². The molecule has 0 unspecified atom stereocenters. The zero-order valence-corrected chi connectivity index (χ0v) is 23.8. The molecular formula is C32H34O8. The maximum atomic E-state index is 14.1. The summed E-state index contributed by atoms with van der Waals surface area (Å²) in [6, 6.07) is 6.04. The Morgan fingerprint density at radius 1 is 0.425 bits per heavy atom.